The maximum absolute atomic E-state index is 13.1. The summed E-state index contributed by atoms with van der Waals surface area (Å²) in [7, 11) is 0. The van der Waals surface area contributed by atoms with Gasteiger partial charge in [-0.1, -0.05) is 57.0 Å². The van der Waals surface area contributed by atoms with Crippen molar-refractivity contribution in [3.8, 4) is 0 Å². The maximum Gasteiger partial charge on any atom is 0.416 e. The van der Waals surface area contributed by atoms with Crippen LogP contribution < -0.4 is 5.32 Å². The van der Waals surface area contributed by atoms with Crippen LogP contribution in [-0.4, -0.2) is 0 Å². The molecule has 4 heteroatoms. The molecule has 3 rings (SSSR count). The van der Waals surface area contributed by atoms with Gasteiger partial charge in [0.1, 0.15) is 0 Å². The molecule has 0 bridgehead atoms. The number of hydrogen-bond donors (Lipinski definition) is 1. The SMILES string of the molecule is CCCC[C@@H]1C(C)c2cc(C(F)(F)F)ccc2N[C@H]1c1ccccc1. The second kappa shape index (κ2) is 7.11. The summed E-state index contributed by atoms with van der Waals surface area (Å²) >= 11 is 0. The van der Waals surface area contributed by atoms with Gasteiger partial charge in [-0.2, -0.15) is 13.2 Å². The van der Waals surface area contributed by atoms with Gasteiger partial charge < -0.3 is 5.32 Å². The second-order valence-electron chi connectivity index (χ2n) is 6.93. The lowest BCUT2D eigenvalue weighted by Crippen LogP contribution is -2.31. The van der Waals surface area contributed by atoms with Crippen LogP contribution in [0.5, 0.6) is 0 Å². The number of alkyl halides is 3. The highest BCUT2D eigenvalue weighted by molar-refractivity contribution is 5.59. The van der Waals surface area contributed by atoms with Gasteiger partial charge in [0.2, 0.25) is 0 Å². The lowest BCUT2D eigenvalue weighted by atomic mass is 9.73. The molecular weight excluding hydrogens is 323 g/mol. The molecule has 0 aliphatic carbocycles. The van der Waals surface area contributed by atoms with E-state index in [2.05, 4.69) is 31.3 Å². The van der Waals surface area contributed by atoms with Crippen molar-refractivity contribution in [1.29, 1.82) is 0 Å². The minimum absolute atomic E-state index is 0.0790. The normalized spacial score (nSPS) is 23.0. The first-order chi connectivity index (χ1) is 11.9. The summed E-state index contributed by atoms with van der Waals surface area (Å²) in [4.78, 5) is 0. The first kappa shape index (κ1) is 17.8. The van der Waals surface area contributed by atoms with Crippen LogP contribution >= 0.6 is 0 Å². The van der Waals surface area contributed by atoms with Gasteiger partial charge in [-0.25, -0.2) is 0 Å². The molecule has 0 aromatic heterocycles. The molecule has 0 spiro atoms. The lowest BCUT2D eigenvalue weighted by Gasteiger charge is -2.40. The first-order valence-corrected chi connectivity index (χ1v) is 8.94. The smallest absolute Gasteiger partial charge is 0.378 e. The number of unbranched alkanes of at least 4 members (excludes halogenated alkanes) is 1. The Morgan fingerprint density at radius 3 is 2.40 bits per heavy atom. The van der Waals surface area contributed by atoms with Crippen LogP contribution in [0.25, 0.3) is 0 Å². The van der Waals surface area contributed by atoms with Gasteiger partial charge in [-0.05, 0) is 47.6 Å². The molecule has 0 radical (unpaired) electrons. The summed E-state index contributed by atoms with van der Waals surface area (Å²) in [6.07, 6.45) is -1.14. The topological polar surface area (TPSA) is 12.0 Å². The first-order valence-electron chi connectivity index (χ1n) is 8.94. The fourth-order valence-corrected chi connectivity index (χ4v) is 3.89. The standard InChI is InChI=1S/C21H24F3N/c1-3-4-10-17-14(2)18-13-16(21(22,23)24)11-12-19(18)25-20(17)15-8-6-5-7-9-15/h5-9,11-14,17,20,25H,3-4,10H2,1-2H3/t14?,17-,20+/m1/s1. The molecule has 1 N–H and O–H groups in total. The van der Waals surface area contributed by atoms with E-state index in [9.17, 15) is 13.2 Å². The highest BCUT2D eigenvalue weighted by atomic mass is 19.4. The Labute approximate surface area is 147 Å². The molecule has 2 aromatic carbocycles. The van der Waals surface area contributed by atoms with Crippen molar-refractivity contribution in [1.82, 2.24) is 0 Å². The summed E-state index contributed by atoms with van der Waals surface area (Å²) < 4.78 is 39.3. The summed E-state index contributed by atoms with van der Waals surface area (Å²) in [5, 5.41) is 3.51. The monoisotopic (exact) mass is 347 g/mol. The van der Waals surface area contributed by atoms with E-state index in [1.54, 1.807) is 6.07 Å². The molecule has 0 saturated carbocycles. The van der Waals surface area contributed by atoms with Gasteiger partial charge in [-0.3, -0.25) is 0 Å². The van der Waals surface area contributed by atoms with Gasteiger partial charge in [0.25, 0.3) is 0 Å². The number of rotatable bonds is 4. The van der Waals surface area contributed by atoms with Crippen LogP contribution in [0.3, 0.4) is 0 Å². The van der Waals surface area contributed by atoms with Crippen molar-refractivity contribution < 1.29 is 13.2 Å². The predicted octanol–water partition coefficient (Wildman–Crippen LogP) is 6.78. The van der Waals surface area contributed by atoms with E-state index in [0.29, 0.717) is 0 Å². The maximum atomic E-state index is 13.1. The highest BCUT2D eigenvalue weighted by Crippen LogP contribution is 2.47. The number of nitrogens with one attached hydrogen (secondary N) is 1. The summed E-state index contributed by atoms with van der Waals surface area (Å²) in [6.45, 7) is 4.21. The molecule has 3 atom stereocenters. The van der Waals surface area contributed by atoms with Gasteiger partial charge in [0, 0.05) is 5.69 Å². The van der Waals surface area contributed by atoms with E-state index in [4.69, 9.17) is 0 Å². The zero-order valence-corrected chi connectivity index (χ0v) is 14.6. The summed E-state index contributed by atoms with van der Waals surface area (Å²) in [6, 6.07) is 14.4. The van der Waals surface area contributed by atoms with E-state index in [1.807, 2.05) is 18.2 Å². The molecule has 0 amide bonds. The Hall–Kier alpha value is -1.97. The molecule has 1 unspecified atom stereocenters. The zero-order valence-electron chi connectivity index (χ0n) is 14.6. The predicted molar refractivity (Wildman–Crippen MR) is 95.7 cm³/mol. The Balaban J connectivity index is 2.01. The van der Waals surface area contributed by atoms with Gasteiger partial charge in [0.15, 0.2) is 0 Å². The third-order valence-corrected chi connectivity index (χ3v) is 5.30. The van der Waals surface area contributed by atoms with Crippen LogP contribution in [0.15, 0.2) is 48.5 Å². The Morgan fingerprint density at radius 1 is 1.04 bits per heavy atom. The largest absolute Gasteiger partial charge is 0.416 e. The number of halogens is 3. The molecule has 1 aliphatic heterocycles. The fraction of sp³-hybridized carbons (Fsp3) is 0.429. The number of anilines is 1. The van der Waals surface area contributed by atoms with Crippen LogP contribution in [0.4, 0.5) is 18.9 Å². The van der Waals surface area contributed by atoms with Crippen molar-refractivity contribution in [2.45, 2.75) is 51.2 Å². The molecular formula is C21H24F3N. The molecule has 1 nitrogen and oxygen atoms in total. The third kappa shape index (κ3) is 3.68. The van der Waals surface area contributed by atoms with E-state index in [0.717, 1.165) is 30.5 Å². The van der Waals surface area contributed by atoms with Crippen LogP contribution in [-0.2, 0) is 6.18 Å². The van der Waals surface area contributed by atoms with E-state index in [-0.39, 0.29) is 17.9 Å². The van der Waals surface area contributed by atoms with Gasteiger partial charge in [-0.15, -0.1) is 0 Å². The fourth-order valence-electron chi connectivity index (χ4n) is 3.89. The zero-order chi connectivity index (χ0) is 18.0. The van der Waals surface area contributed by atoms with Crippen molar-refractivity contribution in [2.75, 3.05) is 5.32 Å². The van der Waals surface area contributed by atoms with E-state index >= 15 is 0 Å². The minimum atomic E-state index is -4.30. The Kier molecular flexibility index (Phi) is 5.07. The quantitative estimate of drug-likeness (QED) is 0.642. The van der Waals surface area contributed by atoms with Crippen LogP contribution in [0.1, 0.15) is 61.8 Å². The number of fused-ring (bicyclic) bond motifs is 1. The molecule has 1 heterocycles. The minimum Gasteiger partial charge on any atom is -0.378 e. The third-order valence-electron chi connectivity index (χ3n) is 5.30. The van der Waals surface area contributed by atoms with Crippen LogP contribution in [0.2, 0.25) is 0 Å². The second-order valence-corrected chi connectivity index (χ2v) is 6.93. The average Bonchev–Trinajstić information content (AvgIpc) is 2.60. The molecule has 134 valence electrons. The van der Waals surface area contributed by atoms with Crippen LogP contribution in [0, 0.1) is 5.92 Å². The van der Waals surface area contributed by atoms with Crippen molar-refractivity contribution in [2.24, 2.45) is 5.92 Å². The molecule has 25 heavy (non-hydrogen) atoms. The molecule has 0 saturated heterocycles. The molecule has 1 aliphatic rings. The highest BCUT2D eigenvalue weighted by Gasteiger charge is 2.37. The van der Waals surface area contributed by atoms with Crippen molar-refractivity contribution in [3.63, 3.8) is 0 Å². The van der Waals surface area contributed by atoms with E-state index < -0.39 is 11.7 Å². The van der Waals surface area contributed by atoms with Gasteiger partial charge in [0.05, 0.1) is 11.6 Å². The Morgan fingerprint density at radius 2 is 1.76 bits per heavy atom. The Bertz CT molecular complexity index is 709. The van der Waals surface area contributed by atoms with Crippen molar-refractivity contribution >= 4 is 5.69 Å². The summed E-state index contributed by atoms with van der Waals surface area (Å²) in [5.74, 6) is 0.355. The molecule has 2 aromatic rings. The summed E-state index contributed by atoms with van der Waals surface area (Å²) in [5.41, 5.74) is 2.23. The average molecular weight is 347 g/mol. The van der Waals surface area contributed by atoms with E-state index in [1.165, 1.54) is 17.7 Å². The lowest BCUT2D eigenvalue weighted by molar-refractivity contribution is -0.137. The molecule has 0 fully saturated rings. The van der Waals surface area contributed by atoms with Crippen molar-refractivity contribution in [3.05, 3.63) is 65.2 Å². The van der Waals surface area contributed by atoms with Gasteiger partial charge >= 0.3 is 6.18 Å². The number of benzene rings is 2. The number of hydrogen-bond acceptors (Lipinski definition) is 1.